The quantitative estimate of drug-likeness (QED) is 0.857. The number of nitrogens with zero attached hydrogens (tertiary/aromatic N) is 4. The van der Waals surface area contributed by atoms with E-state index in [1.807, 2.05) is 6.07 Å². The highest BCUT2D eigenvalue weighted by atomic mass is 16.5. The molecule has 4 rings (SSSR count). The van der Waals surface area contributed by atoms with E-state index in [4.69, 9.17) is 9.72 Å². The number of ether oxygens (including phenoxy) is 1. The second-order valence-electron chi connectivity index (χ2n) is 7.12. The maximum Gasteiger partial charge on any atom is 0.137 e. The third-order valence-corrected chi connectivity index (χ3v) is 5.47. The van der Waals surface area contributed by atoms with E-state index in [0.29, 0.717) is 6.04 Å². The molecule has 1 unspecified atom stereocenters. The van der Waals surface area contributed by atoms with Gasteiger partial charge >= 0.3 is 0 Å². The molecule has 0 aliphatic carbocycles. The molecule has 1 aromatic carbocycles. The van der Waals surface area contributed by atoms with Crippen molar-refractivity contribution < 1.29 is 4.74 Å². The Morgan fingerprint density at radius 1 is 1.20 bits per heavy atom. The molecule has 2 aliphatic rings. The van der Waals surface area contributed by atoms with Crippen molar-refractivity contribution in [2.24, 2.45) is 0 Å². The summed E-state index contributed by atoms with van der Waals surface area (Å²) in [5.41, 5.74) is 3.83. The zero-order chi connectivity index (χ0) is 17.2. The van der Waals surface area contributed by atoms with E-state index in [2.05, 4.69) is 40.0 Å². The molecule has 0 saturated carbocycles. The van der Waals surface area contributed by atoms with Gasteiger partial charge in [0.25, 0.3) is 0 Å². The third-order valence-electron chi connectivity index (χ3n) is 5.47. The van der Waals surface area contributed by atoms with Gasteiger partial charge in [-0.25, -0.2) is 9.97 Å². The molecule has 0 N–H and O–H groups in total. The minimum Gasteiger partial charge on any atom is -0.496 e. The fourth-order valence-corrected chi connectivity index (χ4v) is 4.16. The van der Waals surface area contributed by atoms with Crippen LogP contribution in [-0.2, 0) is 19.4 Å². The maximum absolute atomic E-state index is 5.55. The van der Waals surface area contributed by atoms with Crippen LogP contribution in [0.4, 0.5) is 5.82 Å². The molecule has 0 bridgehead atoms. The van der Waals surface area contributed by atoms with Gasteiger partial charge in [0.1, 0.15) is 17.9 Å². The number of aromatic nitrogens is 2. The minimum atomic E-state index is 0.475. The first-order valence-electron chi connectivity index (χ1n) is 9.16. The van der Waals surface area contributed by atoms with Crippen LogP contribution in [0, 0.1) is 0 Å². The Balaban J connectivity index is 1.62. The lowest BCUT2D eigenvalue weighted by atomic mass is 10.0. The highest BCUT2D eigenvalue weighted by Gasteiger charge is 2.30. The number of rotatable bonds is 4. The molecule has 25 heavy (non-hydrogen) atoms. The van der Waals surface area contributed by atoms with Gasteiger partial charge < -0.3 is 14.5 Å². The van der Waals surface area contributed by atoms with Gasteiger partial charge in [-0.2, -0.15) is 0 Å². The third kappa shape index (κ3) is 3.21. The van der Waals surface area contributed by atoms with Gasteiger partial charge in [-0.3, -0.25) is 0 Å². The zero-order valence-corrected chi connectivity index (χ0v) is 15.1. The van der Waals surface area contributed by atoms with Gasteiger partial charge in [-0.05, 0) is 37.9 Å². The van der Waals surface area contributed by atoms with E-state index in [1.165, 1.54) is 29.7 Å². The van der Waals surface area contributed by atoms with Crippen LogP contribution in [-0.4, -0.2) is 48.2 Å². The van der Waals surface area contributed by atoms with Crippen LogP contribution in [0.5, 0.6) is 5.75 Å². The highest BCUT2D eigenvalue weighted by Crippen LogP contribution is 2.33. The molecule has 1 aromatic heterocycles. The van der Waals surface area contributed by atoms with Crippen LogP contribution in [0.2, 0.25) is 0 Å². The molecule has 5 nitrogen and oxygen atoms in total. The van der Waals surface area contributed by atoms with Crippen LogP contribution in [0.15, 0.2) is 30.6 Å². The van der Waals surface area contributed by atoms with Crippen molar-refractivity contribution in [3.05, 3.63) is 47.4 Å². The lowest BCUT2D eigenvalue weighted by Crippen LogP contribution is -2.35. The lowest BCUT2D eigenvalue weighted by Gasteiger charge is -2.32. The SMILES string of the molecule is COc1ccccc1CC1CCCN1c1ncnc2c1CN(C)CC2. The van der Waals surface area contributed by atoms with Crippen molar-refractivity contribution in [1.82, 2.24) is 14.9 Å². The predicted molar refractivity (Wildman–Crippen MR) is 99.1 cm³/mol. The first-order chi connectivity index (χ1) is 12.3. The fourth-order valence-electron chi connectivity index (χ4n) is 4.16. The van der Waals surface area contributed by atoms with Gasteiger partial charge in [0, 0.05) is 37.7 Å². The van der Waals surface area contributed by atoms with Gasteiger partial charge in [0.05, 0.1) is 12.8 Å². The number of anilines is 1. The number of hydrogen-bond acceptors (Lipinski definition) is 5. The predicted octanol–water partition coefficient (Wildman–Crippen LogP) is 2.68. The number of benzene rings is 1. The van der Waals surface area contributed by atoms with Crippen LogP contribution >= 0.6 is 0 Å². The van der Waals surface area contributed by atoms with E-state index in [0.717, 1.165) is 44.0 Å². The monoisotopic (exact) mass is 338 g/mol. The van der Waals surface area contributed by atoms with Crippen LogP contribution in [0.1, 0.15) is 29.7 Å². The number of fused-ring (bicyclic) bond motifs is 1. The van der Waals surface area contributed by atoms with Crippen molar-refractivity contribution in [1.29, 1.82) is 0 Å². The van der Waals surface area contributed by atoms with Gasteiger partial charge in [-0.15, -0.1) is 0 Å². The van der Waals surface area contributed by atoms with E-state index in [1.54, 1.807) is 13.4 Å². The standard InChI is InChI=1S/C20H26N4O/c1-23-11-9-18-17(13-23)20(22-14-21-18)24-10-5-7-16(24)12-15-6-3-4-8-19(15)25-2/h3-4,6,8,14,16H,5,7,9-13H2,1-2H3. The zero-order valence-electron chi connectivity index (χ0n) is 15.1. The molecule has 2 aromatic rings. The normalized spacial score (nSPS) is 20.6. The summed E-state index contributed by atoms with van der Waals surface area (Å²) in [6.07, 6.45) is 6.18. The van der Waals surface area contributed by atoms with Gasteiger partial charge in [0.15, 0.2) is 0 Å². The molecule has 2 aliphatic heterocycles. The van der Waals surface area contributed by atoms with Crippen molar-refractivity contribution in [3.63, 3.8) is 0 Å². The number of hydrogen-bond donors (Lipinski definition) is 0. The Hall–Kier alpha value is -2.14. The Bertz CT molecular complexity index is 748. The summed E-state index contributed by atoms with van der Waals surface area (Å²) in [6, 6.07) is 8.83. The molecular weight excluding hydrogens is 312 g/mol. The van der Waals surface area contributed by atoms with E-state index >= 15 is 0 Å². The summed E-state index contributed by atoms with van der Waals surface area (Å²) in [5, 5.41) is 0. The number of methoxy groups -OCH3 is 1. The van der Waals surface area contributed by atoms with Crippen molar-refractivity contribution in [2.45, 2.75) is 38.3 Å². The van der Waals surface area contributed by atoms with Gasteiger partial charge in [-0.1, -0.05) is 18.2 Å². The molecular formula is C20H26N4O. The number of likely N-dealkylation sites (N-methyl/N-ethyl adjacent to an activating group) is 1. The van der Waals surface area contributed by atoms with E-state index < -0.39 is 0 Å². The molecule has 1 saturated heterocycles. The minimum absolute atomic E-state index is 0.475. The summed E-state index contributed by atoms with van der Waals surface area (Å²) >= 11 is 0. The Labute approximate surface area is 149 Å². The summed E-state index contributed by atoms with van der Waals surface area (Å²) < 4.78 is 5.55. The van der Waals surface area contributed by atoms with Crippen molar-refractivity contribution in [2.75, 3.05) is 32.1 Å². The fraction of sp³-hybridized carbons (Fsp3) is 0.500. The molecule has 0 amide bonds. The Morgan fingerprint density at radius 2 is 2.08 bits per heavy atom. The number of para-hydroxylation sites is 1. The first kappa shape index (κ1) is 16.3. The molecule has 1 atom stereocenters. The van der Waals surface area contributed by atoms with Crippen LogP contribution < -0.4 is 9.64 Å². The maximum atomic E-state index is 5.55. The second-order valence-corrected chi connectivity index (χ2v) is 7.12. The second kappa shape index (κ2) is 7.00. The van der Waals surface area contributed by atoms with E-state index in [9.17, 15) is 0 Å². The molecule has 0 spiro atoms. The van der Waals surface area contributed by atoms with Gasteiger partial charge in [0.2, 0.25) is 0 Å². The summed E-state index contributed by atoms with van der Waals surface area (Å²) in [7, 11) is 3.93. The average Bonchev–Trinajstić information content (AvgIpc) is 3.09. The van der Waals surface area contributed by atoms with E-state index in [-0.39, 0.29) is 0 Å². The summed E-state index contributed by atoms with van der Waals surface area (Å²) in [5.74, 6) is 2.13. The molecule has 3 heterocycles. The first-order valence-corrected chi connectivity index (χ1v) is 9.16. The average molecular weight is 338 g/mol. The summed E-state index contributed by atoms with van der Waals surface area (Å²) in [6.45, 7) is 3.10. The topological polar surface area (TPSA) is 41.5 Å². The highest BCUT2D eigenvalue weighted by molar-refractivity contribution is 5.51. The van der Waals surface area contributed by atoms with Crippen molar-refractivity contribution >= 4 is 5.82 Å². The lowest BCUT2D eigenvalue weighted by molar-refractivity contribution is 0.309. The smallest absolute Gasteiger partial charge is 0.137 e. The Morgan fingerprint density at radius 3 is 2.96 bits per heavy atom. The molecule has 0 radical (unpaired) electrons. The summed E-state index contributed by atoms with van der Waals surface area (Å²) in [4.78, 5) is 14.1. The van der Waals surface area contributed by atoms with Crippen LogP contribution in [0.25, 0.3) is 0 Å². The largest absolute Gasteiger partial charge is 0.496 e. The molecule has 1 fully saturated rings. The molecule has 5 heteroatoms. The molecule has 132 valence electrons. The Kier molecular flexibility index (Phi) is 4.57. The van der Waals surface area contributed by atoms with Crippen molar-refractivity contribution in [3.8, 4) is 5.75 Å². The van der Waals surface area contributed by atoms with Crippen LogP contribution in [0.3, 0.4) is 0 Å².